The van der Waals surface area contributed by atoms with Crippen molar-refractivity contribution in [1.29, 1.82) is 0 Å². The van der Waals surface area contributed by atoms with Gasteiger partial charge in [0, 0.05) is 49.3 Å². The molecule has 2 fully saturated rings. The second-order valence-electron chi connectivity index (χ2n) is 12.6. The summed E-state index contributed by atoms with van der Waals surface area (Å²) in [5.74, 6) is -0.253. The van der Waals surface area contributed by atoms with Crippen LogP contribution in [0.3, 0.4) is 0 Å². The van der Waals surface area contributed by atoms with E-state index < -0.39 is 0 Å². The first-order valence-corrected chi connectivity index (χ1v) is 16.5. The molecule has 7 nitrogen and oxygen atoms in total. The van der Waals surface area contributed by atoms with E-state index in [2.05, 4.69) is 57.1 Å². The zero-order valence-corrected chi connectivity index (χ0v) is 27.6. The lowest BCUT2D eigenvalue weighted by Gasteiger charge is -2.17. The molecule has 2 aromatic heterocycles. The minimum atomic E-state index is -0.258. The van der Waals surface area contributed by atoms with Gasteiger partial charge >= 0.3 is 0 Å². The van der Waals surface area contributed by atoms with Gasteiger partial charge in [0.25, 0.3) is 5.91 Å². The number of nitrogens with one attached hydrogen (secondary N) is 1. The van der Waals surface area contributed by atoms with E-state index in [1.807, 2.05) is 49.5 Å². The van der Waals surface area contributed by atoms with Gasteiger partial charge in [-0.05, 0) is 128 Å². The van der Waals surface area contributed by atoms with Gasteiger partial charge in [-0.1, -0.05) is 41.9 Å². The van der Waals surface area contributed by atoms with E-state index in [0.717, 1.165) is 82.4 Å². The van der Waals surface area contributed by atoms with Crippen LogP contribution < -0.4 is 5.32 Å². The topological polar surface area (TPSA) is 81.6 Å². The van der Waals surface area contributed by atoms with Gasteiger partial charge < -0.3 is 10.4 Å². The number of hydrogen-bond donors (Lipinski definition) is 2. The van der Waals surface area contributed by atoms with Gasteiger partial charge in [0.1, 0.15) is 5.69 Å². The van der Waals surface area contributed by atoms with Crippen LogP contribution in [0.4, 0.5) is 5.69 Å². The van der Waals surface area contributed by atoms with E-state index in [1.165, 1.54) is 24.0 Å². The molecule has 46 heavy (non-hydrogen) atoms. The van der Waals surface area contributed by atoms with Crippen LogP contribution >= 0.6 is 11.6 Å². The Bertz CT molecular complexity index is 1750. The monoisotopic (exact) mass is 635 g/mol. The number of amides is 1. The summed E-state index contributed by atoms with van der Waals surface area (Å²) < 4.78 is 0. The zero-order valence-electron chi connectivity index (χ0n) is 26.9. The zero-order chi connectivity index (χ0) is 32.2. The van der Waals surface area contributed by atoms with E-state index in [1.54, 1.807) is 12.3 Å². The molecule has 0 radical (unpaired) electrons. The van der Waals surface area contributed by atoms with Crippen LogP contribution in [-0.2, 0) is 13.1 Å². The molecule has 238 valence electrons. The maximum absolute atomic E-state index is 13.2. The third-order valence-corrected chi connectivity index (χ3v) is 9.62. The second kappa shape index (κ2) is 14.3. The predicted molar refractivity (Wildman–Crippen MR) is 187 cm³/mol. The predicted octanol–water partition coefficient (Wildman–Crippen LogP) is 7.31. The number of pyridine rings is 2. The second-order valence-corrected chi connectivity index (χ2v) is 13.1. The van der Waals surface area contributed by atoms with Gasteiger partial charge in [0.15, 0.2) is 0 Å². The molecule has 2 aliphatic heterocycles. The third kappa shape index (κ3) is 7.39. The van der Waals surface area contributed by atoms with E-state index in [9.17, 15) is 9.90 Å². The first kappa shape index (κ1) is 32.1. The summed E-state index contributed by atoms with van der Waals surface area (Å²) in [6.07, 6.45) is 10.7. The highest BCUT2D eigenvalue weighted by molar-refractivity contribution is 6.32. The van der Waals surface area contributed by atoms with Crippen molar-refractivity contribution in [2.24, 2.45) is 0 Å². The number of carbonyl (C=O) groups is 1. The number of hydrogen-bond acceptors (Lipinski definition) is 6. The van der Waals surface area contributed by atoms with Crippen molar-refractivity contribution >= 4 is 35.3 Å². The van der Waals surface area contributed by atoms with Gasteiger partial charge in [-0.15, -0.1) is 0 Å². The van der Waals surface area contributed by atoms with Crippen LogP contribution in [-0.4, -0.2) is 63.1 Å². The van der Waals surface area contributed by atoms with E-state index >= 15 is 0 Å². The molecule has 2 aliphatic rings. The van der Waals surface area contributed by atoms with Gasteiger partial charge in [0.05, 0.1) is 11.8 Å². The van der Waals surface area contributed by atoms with Gasteiger partial charge in [-0.3, -0.25) is 24.6 Å². The average Bonchev–Trinajstić information content (AvgIpc) is 3.71. The van der Waals surface area contributed by atoms with Crippen LogP contribution in [0, 0.1) is 20.8 Å². The summed E-state index contributed by atoms with van der Waals surface area (Å²) in [5, 5.41) is 13.6. The molecule has 8 heteroatoms. The number of aliphatic hydroxyl groups excluding tert-OH is 1. The maximum Gasteiger partial charge on any atom is 0.274 e. The minimum absolute atomic E-state index is 0.253. The number of nitrogens with zero attached hydrogens (tertiary/aromatic N) is 4. The first-order valence-electron chi connectivity index (χ1n) is 16.2. The largest absolute Gasteiger partial charge is 0.392 e. The summed E-state index contributed by atoms with van der Waals surface area (Å²) in [6, 6.07) is 15.9. The van der Waals surface area contributed by atoms with Crippen LogP contribution in [0.25, 0.3) is 23.3 Å². The molecule has 0 spiro atoms. The normalized spacial score (nSPS) is 17.3. The fourth-order valence-electron chi connectivity index (χ4n) is 6.52. The lowest BCUT2D eigenvalue weighted by Crippen LogP contribution is -2.21. The van der Waals surface area contributed by atoms with E-state index in [-0.39, 0.29) is 12.0 Å². The van der Waals surface area contributed by atoms with E-state index in [4.69, 9.17) is 11.6 Å². The Morgan fingerprint density at radius 1 is 0.957 bits per heavy atom. The Balaban J connectivity index is 1.16. The van der Waals surface area contributed by atoms with Crippen molar-refractivity contribution in [1.82, 2.24) is 19.8 Å². The Morgan fingerprint density at radius 3 is 2.50 bits per heavy atom. The summed E-state index contributed by atoms with van der Waals surface area (Å²) in [4.78, 5) is 27.0. The van der Waals surface area contributed by atoms with Gasteiger partial charge in [-0.2, -0.15) is 0 Å². The molecule has 2 saturated heterocycles. The van der Waals surface area contributed by atoms with Crippen molar-refractivity contribution in [2.75, 3.05) is 31.5 Å². The number of likely N-dealkylation sites (tertiary alicyclic amines) is 2. The van der Waals surface area contributed by atoms with Crippen LogP contribution in [0.1, 0.15) is 68.8 Å². The standard InChI is InChI=1S/C38H42ClN5O2/c1-25-19-29(34(39)20-30(25)23-43-16-4-5-17-43)10-12-35-26(2)33(13-15-40-35)32-7-6-8-36(27(32)3)42-38(46)37-11-9-28(21-41-37)22-44-18-14-31(45)24-44/h6-13,15,19-21,31,45H,4-5,14,16-18,22-24H2,1-3H3,(H,42,46)/b12-10+/t31-/m1/s1. The first-order chi connectivity index (χ1) is 22.2. The number of aryl methyl sites for hydroxylation is 1. The number of anilines is 1. The van der Waals surface area contributed by atoms with Crippen molar-refractivity contribution in [3.63, 3.8) is 0 Å². The van der Waals surface area contributed by atoms with Crippen molar-refractivity contribution in [2.45, 2.75) is 59.2 Å². The number of rotatable bonds is 9. The Labute approximate surface area is 277 Å². The molecule has 2 aromatic carbocycles. The van der Waals surface area contributed by atoms with Crippen LogP contribution in [0.5, 0.6) is 0 Å². The molecular weight excluding hydrogens is 594 g/mol. The summed E-state index contributed by atoms with van der Waals surface area (Å²) in [7, 11) is 0. The Kier molecular flexibility index (Phi) is 9.95. The smallest absolute Gasteiger partial charge is 0.274 e. The number of carbonyl (C=O) groups excluding carboxylic acids is 1. The highest BCUT2D eigenvalue weighted by atomic mass is 35.5. The van der Waals surface area contributed by atoms with Crippen molar-refractivity contribution in [3.8, 4) is 11.1 Å². The SMILES string of the molecule is Cc1cc(/C=C/c2nccc(-c3cccc(NC(=O)c4ccc(CN5CC[C@@H](O)C5)cn4)c3C)c2C)c(Cl)cc1CN1CCCC1. The lowest BCUT2D eigenvalue weighted by atomic mass is 9.95. The van der Waals surface area contributed by atoms with Gasteiger partial charge in [-0.25, -0.2) is 0 Å². The molecule has 1 amide bonds. The molecule has 0 bridgehead atoms. The summed E-state index contributed by atoms with van der Waals surface area (Å²) in [6.45, 7) is 11.8. The number of halogens is 1. The fraction of sp³-hybridized carbons (Fsp3) is 0.342. The highest BCUT2D eigenvalue weighted by Crippen LogP contribution is 2.33. The molecular formula is C38H42ClN5O2. The number of aliphatic hydroxyl groups is 1. The van der Waals surface area contributed by atoms with Crippen LogP contribution in [0.15, 0.2) is 60.9 Å². The summed E-state index contributed by atoms with van der Waals surface area (Å²) in [5.41, 5.74) is 10.6. The molecule has 0 aliphatic carbocycles. The lowest BCUT2D eigenvalue weighted by molar-refractivity contribution is 0.102. The van der Waals surface area contributed by atoms with E-state index in [0.29, 0.717) is 18.8 Å². The molecule has 6 rings (SSSR count). The van der Waals surface area contributed by atoms with Crippen molar-refractivity contribution < 1.29 is 9.90 Å². The minimum Gasteiger partial charge on any atom is -0.392 e. The maximum atomic E-state index is 13.2. The summed E-state index contributed by atoms with van der Waals surface area (Å²) >= 11 is 6.75. The molecule has 4 aromatic rings. The van der Waals surface area contributed by atoms with Crippen LogP contribution in [0.2, 0.25) is 5.02 Å². The molecule has 0 unspecified atom stereocenters. The molecule has 2 N–H and O–H groups in total. The van der Waals surface area contributed by atoms with Crippen molar-refractivity contribution in [3.05, 3.63) is 111 Å². The fourth-order valence-corrected chi connectivity index (χ4v) is 6.77. The number of benzene rings is 2. The Hall–Kier alpha value is -3.88. The molecule has 1 atom stereocenters. The van der Waals surface area contributed by atoms with Gasteiger partial charge in [0.2, 0.25) is 0 Å². The third-order valence-electron chi connectivity index (χ3n) is 9.29. The highest BCUT2D eigenvalue weighted by Gasteiger charge is 2.20. The number of β-amino-alcohol motifs (C(OH)–C–C–N with tert-alkyl or cyclic N) is 1. The molecule has 4 heterocycles. The Morgan fingerprint density at radius 2 is 1.76 bits per heavy atom. The number of aromatic nitrogens is 2. The molecule has 0 saturated carbocycles. The average molecular weight is 636 g/mol. The quantitative estimate of drug-likeness (QED) is 0.201.